The largest absolute Gasteiger partial charge is 0.397 e. The number of nitrogens with two attached hydrogens (primary N) is 1. The molecule has 0 radical (unpaired) electrons. The lowest BCUT2D eigenvalue weighted by Crippen LogP contribution is -2.30. The highest BCUT2D eigenvalue weighted by Crippen LogP contribution is 2.34. The monoisotopic (exact) mass is 286 g/mol. The topological polar surface area (TPSA) is 63.4 Å². The fraction of sp³-hybridized carbons (Fsp3) is 0.0667. The van der Waals surface area contributed by atoms with Gasteiger partial charge in [0.15, 0.2) is 0 Å². The van der Waals surface area contributed by atoms with Crippen molar-refractivity contribution in [2.45, 2.75) is 6.92 Å². The molecule has 20 heavy (non-hydrogen) atoms. The Morgan fingerprint density at radius 3 is 2.45 bits per heavy atom. The number of imide groups is 1. The van der Waals surface area contributed by atoms with Crippen molar-refractivity contribution in [3.8, 4) is 0 Å². The van der Waals surface area contributed by atoms with Crippen LogP contribution in [0.2, 0.25) is 5.02 Å². The SMILES string of the molecule is Cc1ccc2c(c1)C(=O)N(c1cc(Cl)ccc1N)C2=O. The van der Waals surface area contributed by atoms with Crippen LogP contribution in [0, 0.1) is 6.92 Å². The molecule has 2 aromatic carbocycles. The number of amides is 2. The summed E-state index contributed by atoms with van der Waals surface area (Å²) in [6.07, 6.45) is 0. The quantitative estimate of drug-likeness (QED) is 0.647. The van der Waals surface area contributed by atoms with Crippen molar-refractivity contribution in [1.82, 2.24) is 0 Å². The van der Waals surface area contributed by atoms with Gasteiger partial charge in [0.25, 0.3) is 11.8 Å². The molecule has 1 aliphatic rings. The summed E-state index contributed by atoms with van der Waals surface area (Å²) in [5.74, 6) is -0.748. The summed E-state index contributed by atoms with van der Waals surface area (Å²) in [5.41, 5.74) is 8.22. The molecule has 0 atom stereocenters. The van der Waals surface area contributed by atoms with Crippen molar-refractivity contribution in [3.05, 3.63) is 58.1 Å². The first kappa shape index (κ1) is 12.7. The summed E-state index contributed by atoms with van der Waals surface area (Å²) < 4.78 is 0. The van der Waals surface area contributed by atoms with E-state index in [-0.39, 0.29) is 11.8 Å². The number of hydrogen-bond acceptors (Lipinski definition) is 3. The van der Waals surface area contributed by atoms with Gasteiger partial charge in [-0.3, -0.25) is 9.59 Å². The number of carbonyl (C=O) groups excluding carboxylic acids is 2. The standard InChI is InChI=1S/C15H11ClN2O2/c1-8-2-4-10-11(6-8)15(20)18(14(10)19)13-7-9(16)3-5-12(13)17/h2-7H,17H2,1H3. The zero-order valence-corrected chi connectivity index (χ0v) is 11.4. The molecule has 0 saturated heterocycles. The molecule has 100 valence electrons. The van der Waals surface area contributed by atoms with Gasteiger partial charge in [-0.1, -0.05) is 23.2 Å². The first-order valence-electron chi connectivity index (χ1n) is 6.03. The molecule has 0 unspecified atom stereocenters. The van der Waals surface area contributed by atoms with Gasteiger partial charge >= 0.3 is 0 Å². The lowest BCUT2D eigenvalue weighted by atomic mass is 10.1. The Kier molecular flexibility index (Phi) is 2.76. The molecule has 3 rings (SSSR count). The molecule has 0 fully saturated rings. The second-order valence-electron chi connectivity index (χ2n) is 4.70. The zero-order chi connectivity index (χ0) is 14.4. The number of anilines is 2. The molecular weight excluding hydrogens is 276 g/mol. The van der Waals surface area contributed by atoms with Gasteiger partial charge in [-0.15, -0.1) is 0 Å². The van der Waals surface area contributed by atoms with Gasteiger partial charge in [0.05, 0.1) is 22.5 Å². The van der Waals surface area contributed by atoms with Crippen LogP contribution in [0.3, 0.4) is 0 Å². The number of fused-ring (bicyclic) bond motifs is 1. The van der Waals surface area contributed by atoms with Crippen molar-refractivity contribution in [3.63, 3.8) is 0 Å². The molecule has 5 heteroatoms. The van der Waals surface area contributed by atoms with E-state index < -0.39 is 0 Å². The van der Waals surface area contributed by atoms with E-state index >= 15 is 0 Å². The van der Waals surface area contributed by atoms with Crippen LogP contribution in [0.1, 0.15) is 26.3 Å². The van der Waals surface area contributed by atoms with Crippen molar-refractivity contribution in [1.29, 1.82) is 0 Å². The average Bonchev–Trinajstić information content (AvgIpc) is 2.65. The van der Waals surface area contributed by atoms with Crippen LogP contribution in [-0.4, -0.2) is 11.8 Å². The number of nitrogens with zero attached hydrogens (tertiary/aromatic N) is 1. The minimum absolute atomic E-state index is 0.321. The van der Waals surface area contributed by atoms with E-state index in [0.29, 0.717) is 27.5 Å². The zero-order valence-electron chi connectivity index (χ0n) is 10.7. The number of halogens is 1. The maximum Gasteiger partial charge on any atom is 0.266 e. The predicted octanol–water partition coefficient (Wildman–Crippen LogP) is 3.03. The van der Waals surface area contributed by atoms with Crippen LogP contribution < -0.4 is 10.6 Å². The summed E-state index contributed by atoms with van der Waals surface area (Å²) in [4.78, 5) is 25.9. The Hall–Kier alpha value is -2.33. The minimum Gasteiger partial charge on any atom is -0.397 e. The Bertz CT molecular complexity index is 756. The van der Waals surface area contributed by atoms with E-state index in [1.807, 2.05) is 6.92 Å². The van der Waals surface area contributed by atoms with E-state index in [0.717, 1.165) is 10.5 Å². The molecule has 2 N–H and O–H groups in total. The van der Waals surface area contributed by atoms with Crippen LogP contribution in [0.15, 0.2) is 36.4 Å². The Balaban J connectivity index is 2.16. The van der Waals surface area contributed by atoms with Crippen molar-refractivity contribution >= 4 is 34.8 Å². The molecule has 4 nitrogen and oxygen atoms in total. The number of rotatable bonds is 1. The number of carbonyl (C=O) groups is 2. The lowest BCUT2D eigenvalue weighted by molar-refractivity contribution is 0.0926. The molecule has 1 heterocycles. The van der Waals surface area contributed by atoms with Crippen LogP contribution in [0.5, 0.6) is 0 Å². The predicted molar refractivity (Wildman–Crippen MR) is 78.2 cm³/mol. The normalized spacial score (nSPS) is 13.8. The Labute approximate surface area is 120 Å². The molecule has 0 aromatic heterocycles. The van der Waals surface area contributed by atoms with Crippen molar-refractivity contribution in [2.24, 2.45) is 0 Å². The summed E-state index contributed by atoms with van der Waals surface area (Å²) in [5, 5.41) is 0.418. The van der Waals surface area contributed by atoms with Gasteiger partial charge in [0.1, 0.15) is 0 Å². The maximum atomic E-state index is 12.4. The van der Waals surface area contributed by atoms with Gasteiger partial charge in [-0.25, -0.2) is 4.90 Å². The minimum atomic E-state index is -0.376. The molecule has 0 aliphatic carbocycles. The maximum absolute atomic E-state index is 12.4. The summed E-state index contributed by atoms with van der Waals surface area (Å²) >= 11 is 5.92. The van der Waals surface area contributed by atoms with E-state index in [1.54, 1.807) is 30.3 Å². The number of aryl methyl sites for hydroxylation is 1. The number of benzene rings is 2. The fourth-order valence-electron chi connectivity index (χ4n) is 2.28. The third-order valence-corrected chi connectivity index (χ3v) is 3.51. The molecular formula is C15H11ClN2O2. The van der Waals surface area contributed by atoms with E-state index in [1.165, 1.54) is 6.07 Å². The van der Waals surface area contributed by atoms with Gasteiger partial charge in [-0.2, -0.15) is 0 Å². The van der Waals surface area contributed by atoms with Gasteiger partial charge in [-0.05, 0) is 37.3 Å². The van der Waals surface area contributed by atoms with Gasteiger partial charge in [0.2, 0.25) is 0 Å². The van der Waals surface area contributed by atoms with Crippen LogP contribution in [-0.2, 0) is 0 Å². The highest BCUT2D eigenvalue weighted by atomic mass is 35.5. The Morgan fingerprint density at radius 2 is 1.70 bits per heavy atom. The van der Waals surface area contributed by atoms with Gasteiger partial charge in [0, 0.05) is 5.02 Å². The smallest absolute Gasteiger partial charge is 0.266 e. The summed E-state index contributed by atoms with van der Waals surface area (Å²) in [6.45, 7) is 1.87. The molecule has 0 spiro atoms. The first-order chi connectivity index (χ1) is 9.49. The average molecular weight is 287 g/mol. The molecule has 2 amide bonds. The molecule has 0 bridgehead atoms. The highest BCUT2D eigenvalue weighted by molar-refractivity contribution is 6.36. The third kappa shape index (κ3) is 1.77. The molecule has 2 aromatic rings. The van der Waals surface area contributed by atoms with E-state index in [9.17, 15) is 9.59 Å². The van der Waals surface area contributed by atoms with Crippen molar-refractivity contribution in [2.75, 3.05) is 10.6 Å². The summed E-state index contributed by atoms with van der Waals surface area (Å²) in [6, 6.07) is 9.87. The first-order valence-corrected chi connectivity index (χ1v) is 6.41. The second-order valence-corrected chi connectivity index (χ2v) is 5.13. The second kappa shape index (κ2) is 4.35. The van der Waals surface area contributed by atoms with Crippen molar-refractivity contribution < 1.29 is 9.59 Å². The fourth-order valence-corrected chi connectivity index (χ4v) is 2.45. The van der Waals surface area contributed by atoms with E-state index in [2.05, 4.69) is 0 Å². The molecule has 0 saturated carbocycles. The molecule has 1 aliphatic heterocycles. The summed E-state index contributed by atoms with van der Waals surface area (Å²) in [7, 11) is 0. The van der Waals surface area contributed by atoms with Crippen LogP contribution in [0.25, 0.3) is 0 Å². The van der Waals surface area contributed by atoms with Crippen LogP contribution in [0.4, 0.5) is 11.4 Å². The lowest BCUT2D eigenvalue weighted by Gasteiger charge is -2.16. The third-order valence-electron chi connectivity index (χ3n) is 3.28. The number of hydrogen-bond donors (Lipinski definition) is 1. The Morgan fingerprint density at radius 1 is 1.00 bits per heavy atom. The van der Waals surface area contributed by atoms with Crippen LogP contribution >= 0.6 is 11.6 Å². The van der Waals surface area contributed by atoms with Gasteiger partial charge < -0.3 is 5.73 Å². The number of nitrogen functional groups attached to an aromatic ring is 1. The highest BCUT2D eigenvalue weighted by Gasteiger charge is 2.37. The van der Waals surface area contributed by atoms with E-state index in [4.69, 9.17) is 17.3 Å².